The summed E-state index contributed by atoms with van der Waals surface area (Å²) in [6.07, 6.45) is 1.22. The molecule has 0 radical (unpaired) electrons. The number of nitrogens with zero attached hydrogens (tertiary/aromatic N) is 2. The predicted molar refractivity (Wildman–Crippen MR) is 69.3 cm³/mol. The van der Waals surface area contributed by atoms with Crippen molar-refractivity contribution in [3.05, 3.63) is 0 Å². The molecule has 18 heavy (non-hydrogen) atoms. The van der Waals surface area contributed by atoms with Gasteiger partial charge in [0.05, 0.1) is 23.8 Å². The van der Waals surface area contributed by atoms with Gasteiger partial charge >= 0.3 is 0 Å². The van der Waals surface area contributed by atoms with Gasteiger partial charge in [0, 0.05) is 19.3 Å². The first kappa shape index (κ1) is 16.9. The molecule has 2 N–H and O–H groups in total. The Kier molecular flexibility index (Phi) is 6.88. The quantitative estimate of drug-likeness (QED) is 0.690. The number of carbonyl (C=O) groups is 1. The number of nitriles is 1. The van der Waals surface area contributed by atoms with Crippen LogP contribution in [-0.2, 0) is 14.6 Å². The third kappa shape index (κ3) is 6.57. The van der Waals surface area contributed by atoms with Crippen molar-refractivity contribution in [3.63, 3.8) is 0 Å². The molecule has 7 heteroatoms. The number of carbonyl (C=O) groups excluding carboxylic acids is 1. The van der Waals surface area contributed by atoms with E-state index in [0.717, 1.165) is 6.26 Å². The first-order valence-electron chi connectivity index (χ1n) is 5.83. The maximum Gasteiger partial charge on any atom is 0.239 e. The van der Waals surface area contributed by atoms with Crippen molar-refractivity contribution in [2.45, 2.75) is 26.3 Å². The third-order valence-corrected chi connectivity index (χ3v) is 3.50. The van der Waals surface area contributed by atoms with Gasteiger partial charge in [-0.25, -0.2) is 8.42 Å². The van der Waals surface area contributed by atoms with Crippen LogP contribution >= 0.6 is 0 Å². The average Bonchev–Trinajstić information content (AvgIpc) is 2.30. The Morgan fingerprint density at radius 1 is 1.50 bits per heavy atom. The molecule has 0 aliphatic heterocycles. The molecule has 0 spiro atoms. The number of sulfone groups is 1. The van der Waals surface area contributed by atoms with Gasteiger partial charge in [0.1, 0.15) is 9.84 Å². The van der Waals surface area contributed by atoms with Crippen LogP contribution in [0.25, 0.3) is 0 Å². The van der Waals surface area contributed by atoms with E-state index in [4.69, 9.17) is 11.0 Å². The minimum Gasteiger partial charge on any atom is -0.340 e. The summed E-state index contributed by atoms with van der Waals surface area (Å²) in [7, 11) is -3.12. The van der Waals surface area contributed by atoms with E-state index < -0.39 is 15.9 Å². The molecular weight excluding hydrogens is 254 g/mol. The maximum absolute atomic E-state index is 11.9. The standard InChI is InChI=1S/C11H21N3O3S/c1-4-14(8-9(2)7-12)11(15)10(13)5-6-18(3,16)17/h9-10H,4-6,8,13H2,1-3H3. The minimum atomic E-state index is -3.12. The Bertz CT molecular complexity index is 414. The molecule has 0 bridgehead atoms. The first-order valence-corrected chi connectivity index (χ1v) is 7.89. The number of hydrogen-bond acceptors (Lipinski definition) is 5. The van der Waals surface area contributed by atoms with Crippen molar-refractivity contribution < 1.29 is 13.2 Å². The Balaban J connectivity index is 4.46. The van der Waals surface area contributed by atoms with Gasteiger partial charge in [0.15, 0.2) is 0 Å². The summed E-state index contributed by atoms with van der Waals surface area (Å²) in [6, 6.07) is 1.22. The number of nitrogens with two attached hydrogens (primary N) is 1. The van der Waals surface area contributed by atoms with Crippen LogP contribution < -0.4 is 5.73 Å². The van der Waals surface area contributed by atoms with E-state index in [2.05, 4.69) is 0 Å². The molecule has 0 saturated heterocycles. The minimum absolute atomic E-state index is 0.106. The Morgan fingerprint density at radius 2 is 2.06 bits per heavy atom. The molecule has 0 aliphatic carbocycles. The molecular formula is C11H21N3O3S. The van der Waals surface area contributed by atoms with Crippen LogP contribution in [-0.4, -0.2) is 50.4 Å². The van der Waals surface area contributed by atoms with Crippen molar-refractivity contribution >= 4 is 15.7 Å². The highest BCUT2D eigenvalue weighted by atomic mass is 32.2. The largest absolute Gasteiger partial charge is 0.340 e. The average molecular weight is 275 g/mol. The monoisotopic (exact) mass is 275 g/mol. The van der Waals surface area contributed by atoms with Crippen LogP contribution in [0, 0.1) is 17.2 Å². The molecule has 2 unspecified atom stereocenters. The van der Waals surface area contributed by atoms with Crippen molar-refractivity contribution in [1.29, 1.82) is 5.26 Å². The maximum atomic E-state index is 11.9. The van der Waals surface area contributed by atoms with Crippen LogP contribution in [0.2, 0.25) is 0 Å². The van der Waals surface area contributed by atoms with Gasteiger partial charge in [-0.15, -0.1) is 0 Å². The van der Waals surface area contributed by atoms with E-state index in [0.29, 0.717) is 13.1 Å². The zero-order valence-corrected chi connectivity index (χ0v) is 11.9. The number of likely N-dealkylation sites (N-methyl/N-ethyl adjacent to an activating group) is 1. The Labute approximate surface area is 109 Å². The van der Waals surface area contributed by atoms with Crippen molar-refractivity contribution in [3.8, 4) is 6.07 Å². The fraction of sp³-hybridized carbons (Fsp3) is 0.818. The molecule has 104 valence electrons. The highest BCUT2D eigenvalue weighted by molar-refractivity contribution is 7.90. The highest BCUT2D eigenvalue weighted by Crippen LogP contribution is 2.04. The normalized spacial score (nSPS) is 14.6. The summed E-state index contributed by atoms with van der Waals surface area (Å²) in [5.74, 6) is -0.676. The van der Waals surface area contributed by atoms with Gasteiger partial charge in [-0.2, -0.15) is 5.26 Å². The Morgan fingerprint density at radius 3 is 2.44 bits per heavy atom. The number of amides is 1. The number of rotatable bonds is 7. The summed E-state index contributed by atoms with van der Waals surface area (Å²) in [6.45, 7) is 4.29. The predicted octanol–water partition coefficient (Wildman–Crippen LogP) is -0.243. The second-order valence-corrected chi connectivity index (χ2v) is 6.69. The fourth-order valence-corrected chi connectivity index (χ4v) is 2.13. The lowest BCUT2D eigenvalue weighted by Crippen LogP contribution is -2.45. The summed E-state index contributed by atoms with van der Waals surface area (Å²) in [5, 5.41) is 8.71. The fourth-order valence-electron chi connectivity index (χ4n) is 1.45. The lowest BCUT2D eigenvalue weighted by Gasteiger charge is -2.25. The van der Waals surface area contributed by atoms with E-state index in [1.807, 2.05) is 6.07 Å². The zero-order valence-electron chi connectivity index (χ0n) is 11.1. The molecule has 0 aliphatic rings. The lowest BCUT2D eigenvalue weighted by molar-refractivity contribution is -0.132. The van der Waals surface area contributed by atoms with E-state index in [1.165, 1.54) is 4.90 Å². The third-order valence-electron chi connectivity index (χ3n) is 2.52. The molecule has 2 atom stereocenters. The molecule has 0 fully saturated rings. The molecule has 0 rings (SSSR count). The second kappa shape index (κ2) is 7.34. The van der Waals surface area contributed by atoms with Gasteiger partial charge in [-0.05, 0) is 20.3 Å². The van der Waals surface area contributed by atoms with Crippen LogP contribution in [0.4, 0.5) is 0 Å². The smallest absolute Gasteiger partial charge is 0.239 e. The topological polar surface area (TPSA) is 104 Å². The van der Waals surface area contributed by atoms with Crippen LogP contribution in [0.15, 0.2) is 0 Å². The summed E-state index contributed by atoms with van der Waals surface area (Å²) in [5.41, 5.74) is 5.68. The molecule has 0 heterocycles. The molecule has 1 amide bonds. The van der Waals surface area contributed by atoms with Gasteiger partial charge in [-0.3, -0.25) is 4.79 Å². The molecule has 0 aromatic carbocycles. The van der Waals surface area contributed by atoms with E-state index >= 15 is 0 Å². The first-order chi connectivity index (χ1) is 8.21. The lowest BCUT2D eigenvalue weighted by atomic mass is 10.1. The molecule has 6 nitrogen and oxygen atoms in total. The Hall–Kier alpha value is -1.13. The molecule has 0 aromatic rings. The van der Waals surface area contributed by atoms with Crippen molar-refractivity contribution in [2.75, 3.05) is 25.1 Å². The van der Waals surface area contributed by atoms with E-state index in [-0.39, 0.29) is 24.0 Å². The van der Waals surface area contributed by atoms with Gasteiger partial charge < -0.3 is 10.6 Å². The molecule has 0 saturated carbocycles. The van der Waals surface area contributed by atoms with Gasteiger partial charge in [-0.1, -0.05) is 0 Å². The number of hydrogen-bond donors (Lipinski definition) is 1. The summed E-state index contributed by atoms with van der Waals surface area (Å²) >= 11 is 0. The SMILES string of the molecule is CCN(CC(C)C#N)C(=O)C(N)CCS(C)(=O)=O. The van der Waals surface area contributed by atoms with Crippen LogP contribution in [0.3, 0.4) is 0 Å². The highest BCUT2D eigenvalue weighted by Gasteiger charge is 2.22. The van der Waals surface area contributed by atoms with E-state index in [1.54, 1.807) is 13.8 Å². The second-order valence-electron chi connectivity index (χ2n) is 4.43. The zero-order chi connectivity index (χ0) is 14.3. The van der Waals surface area contributed by atoms with Crippen molar-refractivity contribution in [1.82, 2.24) is 4.90 Å². The van der Waals surface area contributed by atoms with Gasteiger partial charge in [0.2, 0.25) is 5.91 Å². The molecule has 0 aromatic heterocycles. The summed E-state index contributed by atoms with van der Waals surface area (Å²) in [4.78, 5) is 13.4. The van der Waals surface area contributed by atoms with Crippen LogP contribution in [0.1, 0.15) is 20.3 Å². The van der Waals surface area contributed by atoms with Crippen molar-refractivity contribution in [2.24, 2.45) is 11.7 Å². The van der Waals surface area contributed by atoms with Crippen LogP contribution in [0.5, 0.6) is 0 Å². The van der Waals surface area contributed by atoms with E-state index in [9.17, 15) is 13.2 Å². The summed E-state index contributed by atoms with van der Waals surface area (Å²) < 4.78 is 22.0. The van der Waals surface area contributed by atoms with Gasteiger partial charge in [0.25, 0.3) is 0 Å².